The fourth-order valence-corrected chi connectivity index (χ4v) is 3.20. The molecule has 6 heteroatoms. The van der Waals surface area contributed by atoms with Crippen molar-refractivity contribution in [1.29, 1.82) is 0 Å². The van der Waals surface area contributed by atoms with Crippen molar-refractivity contribution >= 4 is 22.9 Å². The number of nitrogens with zero attached hydrogens (tertiary/aromatic N) is 3. The molecule has 0 saturated heterocycles. The quantitative estimate of drug-likeness (QED) is 0.778. The summed E-state index contributed by atoms with van der Waals surface area (Å²) in [5.41, 5.74) is 2.48. The second kappa shape index (κ2) is 6.20. The minimum Gasteiger partial charge on any atom is -0.320 e. The Labute approximate surface area is 145 Å². The number of pyridine rings is 1. The van der Waals surface area contributed by atoms with Crippen LogP contribution in [0, 0.1) is 6.92 Å². The van der Waals surface area contributed by atoms with Gasteiger partial charge in [0.25, 0.3) is 5.91 Å². The average molecular weight is 340 g/mol. The van der Waals surface area contributed by atoms with E-state index < -0.39 is 0 Å². The van der Waals surface area contributed by atoms with Gasteiger partial charge >= 0.3 is 0 Å². The zero-order chi connectivity index (χ0) is 17.3. The number of thiazole rings is 1. The Morgan fingerprint density at radius 1 is 1.21 bits per heavy atom. The molecule has 3 aromatic rings. The van der Waals surface area contributed by atoms with Gasteiger partial charge in [-0.1, -0.05) is 32.1 Å². The van der Waals surface area contributed by atoms with Crippen LogP contribution < -0.4 is 5.32 Å². The highest BCUT2D eigenvalue weighted by atomic mass is 32.1. The van der Waals surface area contributed by atoms with E-state index in [2.05, 4.69) is 36.1 Å². The predicted molar refractivity (Wildman–Crippen MR) is 97.1 cm³/mol. The number of aryl methyl sites for hydroxylation is 1. The van der Waals surface area contributed by atoms with Crippen molar-refractivity contribution in [2.75, 3.05) is 5.32 Å². The van der Waals surface area contributed by atoms with Crippen LogP contribution in [-0.4, -0.2) is 20.4 Å². The van der Waals surface area contributed by atoms with Crippen LogP contribution in [0.1, 0.15) is 41.7 Å². The molecule has 3 aromatic heterocycles. The van der Waals surface area contributed by atoms with Gasteiger partial charge in [-0.3, -0.25) is 9.78 Å². The van der Waals surface area contributed by atoms with Crippen LogP contribution in [-0.2, 0) is 5.41 Å². The third kappa shape index (κ3) is 3.38. The van der Waals surface area contributed by atoms with E-state index in [0.717, 1.165) is 16.4 Å². The molecular formula is C18H20N4OS. The lowest BCUT2D eigenvalue weighted by molar-refractivity contribution is 0.102. The van der Waals surface area contributed by atoms with Gasteiger partial charge in [-0.05, 0) is 36.1 Å². The lowest BCUT2D eigenvalue weighted by Crippen LogP contribution is -2.15. The highest BCUT2D eigenvalue weighted by Crippen LogP contribution is 2.25. The molecule has 0 atom stereocenters. The Balaban J connectivity index is 1.83. The van der Waals surface area contributed by atoms with E-state index in [1.54, 1.807) is 6.20 Å². The SMILES string of the molecule is Cc1nc(-n2cccc2)sc1C(=O)Nc1cncc(C(C)(C)C)c1. The lowest BCUT2D eigenvalue weighted by Gasteiger charge is -2.19. The Hall–Kier alpha value is -2.47. The molecule has 0 radical (unpaired) electrons. The molecule has 24 heavy (non-hydrogen) atoms. The molecule has 0 spiro atoms. The molecule has 0 aliphatic heterocycles. The summed E-state index contributed by atoms with van der Waals surface area (Å²) in [5, 5.41) is 3.71. The number of hydrogen-bond acceptors (Lipinski definition) is 4. The van der Waals surface area contributed by atoms with Gasteiger partial charge in [0.05, 0.1) is 17.6 Å². The van der Waals surface area contributed by atoms with Crippen LogP contribution >= 0.6 is 11.3 Å². The molecule has 0 aromatic carbocycles. The molecule has 0 bridgehead atoms. The van der Waals surface area contributed by atoms with E-state index in [9.17, 15) is 4.79 Å². The van der Waals surface area contributed by atoms with E-state index in [4.69, 9.17) is 0 Å². The molecule has 0 aliphatic rings. The van der Waals surface area contributed by atoms with Crippen LogP contribution in [0.2, 0.25) is 0 Å². The van der Waals surface area contributed by atoms with Crippen LogP contribution in [0.25, 0.3) is 5.13 Å². The summed E-state index contributed by atoms with van der Waals surface area (Å²) in [6.07, 6.45) is 7.32. The minimum absolute atomic E-state index is 0.0181. The Kier molecular flexibility index (Phi) is 4.24. The van der Waals surface area contributed by atoms with Crippen molar-refractivity contribution in [3.8, 4) is 5.13 Å². The standard InChI is InChI=1S/C18H20N4OS/c1-12-15(24-17(20-12)22-7-5-6-8-22)16(23)21-14-9-13(10-19-11-14)18(2,3)4/h5-11H,1-4H3,(H,21,23). The van der Waals surface area contributed by atoms with Gasteiger partial charge in [-0.2, -0.15) is 0 Å². The lowest BCUT2D eigenvalue weighted by atomic mass is 9.88. The third-order valence-corrected chi connectivity index (χ3v) is 4.85. The predicted octanol–water partition coefficient (Wildman–Crippen LogP) is 4.19. The monoisotopic (exact) mass is 340 g/mol. The summed E-state index contributed by atoms with van der Waals surface area (Å²) in [4.78, 5) is 21.9. The first-order chi connectivity index (χ1) is 11.3. The van der Waals surface area contributed by atoms with Crippen LogP contribution in [0.4, 0.5) is 5.69 Å². The first-order valence-electron chi connectivity index (χ1n) is 7.72. The first kappa shape index (κ1) is 16.4. The number of carbonyl (C=O) groups excluding carboxylic acids is 1. The smallest absolute Gasteiger partial charge is 0.267 e. The topological polar surface area (TPSA) is 59.8 Å². The van der Waals surface area contributed by atoms with Gasteiger partial charge < -0.3 is 9.88 Å². The van der Waals surface area contributed by atoms with E-state index in [1.807, 2.05) is 48.3 Å². The number of carbonyl (C=O) groups is 1. The summed E-state index contributed by atoms with van der Waals surface area (Å²) in [6.45, 7) is 8.20. The zero-order valence-electron chi connectivity index (χ0n) is 14.2. The number of rotatable bonds is 3. The molecule has 1 amide bonds. The number of nitrogens with one attached hydrogen (secondary N) is 1. The fourth-order valence-electron chi connectivity index (χ4n) is 2.27. The molecule has 124 valence electrons. The summed E-state index contributed by atoms with van der Waals surface area (Å²) in [6, 6.07) is 5.83. The summed E-state index contributed by atoms with van der Waals surface area (Å²) < 4.78 is 1.90. The van der Waals surface area contributed by atoms with Crippen molar-refractivity contribution in [3.05, 3.63) is 59.1 Å². The van der Waals surface area contributed by atoms with Crippen molar-refractivity contribution in [2.24, 2.45) is 0 Å². The van der Waals surface area contributed by atoms with E-state index in [1.165, 1.54) is 11.3 Å². The van der Waals surface area contributed by atoms with Crippen molar-refractivity contribution in [1.82, 2.24) is 14.5 Å². The molecule has 3 rings (SSSR count). The maximum Gasteiger partial charge on any atom is 0.267 e. The second-order valence-corrected chi connectivity index (χ2v) is 7.65. The van der Waals surface area contributed by atoms with Crippen LogP contribution in [0.3, 0.4) is 0 Å². The number of anilines is 1. The van der Waals surface area contributed by atoms with Gasteiger partial charge in [-0.15, -0.1) is 0 Å². The minimum atomic E-state index is -0.156. The molecule has 0 fully saturated rings. The summed E-state index contributed by atoms with van der Waals surface area (Å²) >= 11 is 1.37. The van der Waals surface area contributed by atoms with E-state index in [-0.39, 0.29) is 11.3 Å². The highest BCUT2D eigenvalue weighted by molar-refractivity contribution is 7.16. The van der Waals surface area contributed by atoms with Crippen LogP contribution in [0.15, 0.2) is 43.0 Å². The normalized spacial score (nSPS) is 11.5. The molecular weight excluding hydrogens is 320 g/mol. The van der Waals surface area contributed by atoms with Gasteiger partial charge in [0.15, 0.2) is 5.13 Å². The van der Waals surface area contributed by atoms with Gasteiger partial charge in [-0.25, -0.2) is 4.98 Å². The maximum absolute atomic E-state index is 12.6. The summed E-state index contributed by atoms with van der Waals surface area (Å²) in [7, 11) is 0. The van der Waals surface area contributed by atoms with Gasteiger partial charge in [0, 0.05) is 18.6 Å². The van der Waals surface area contributed by atoms with E-state index >= 15 is 0 Å². The molecule has 0 aliphatic carbocycles. The van der Waals surface area contributed by atoms with Gasteiger partial charge in [0.1, 0.15) is 4.88 Å². The van der Waals surface area contributed by atoms with Crippen molar-refractivity contribution < 1.29 is 4.79 Å². The molecule has 5 nitrogen and oxygen atoms in total. The van der Waals surface area contributed by atoms with Crippen molar-refractivity contribution in [3.63, 3.8) is 0 Å². The first-order valence-corrected chi connectivity index (χ1v) is 8.54. The van der Waals surface area contributed by atoms with E-state index in [0.29, 0.717) is 10.6 Å². The largest absolute Gasteiger partial charge is 0.320 e. The summed E-state index contributed by atoms with van der Waals surface area (Å²) in [5.74, 6) is -0.156. The Morgan fingerprint density at radius 3 is 2.58 bits per heavy atom. The maximum atomic E-state index is 12.6. The second-order valence-electron chi connectivity index (χ2n) is 6.67. The number of aromatic nitrogens is 3. The fraction of sp³-hybridized carbons (Fsp3) is 0.278. The zero-order valence-corrected chi connectivity index (χ0v) is 15.0. The third-order valence-electron chi connectivity index (χ3n) is 3.68. The molecule has 3 heterocycles. The molecule has 0 saturated carbocycles. The Bertz CT molecular complexity index is 860. The number of amides is 1. The average Bonchev–Trinajstić information content (AvgIpc) is 3.15. The van der Waals surface area contributed by atoms with Gasteiger partial charge in [0.2, 0.25) is 0 Å². The highest BCUT2D eigenvalue weighted by Gasteiger charge is 2.18. The Morgan fingerprint density at radius 2 is 1.92 bits per heavy atom. The molecule has 0 unspecified atom stereocenters. The number of hydrogen-bond donors (Lipinski definition) is 1. The van der Waals surface area contributed by atoms with Crippen LogP contribution in [0.5, 0.6) is 0 Å². The molecule has 1 N–H and O–H groups in total. The van der Waals surface area contributed by atoms with Crippen molar-refractivity contribution in [2.45, 2.75) is 33.1 Å².